The van der Waals surface area contributed by atoms with Gasteiger partial charge in [-0.3, -0.25) is 0 Å². The summed E-state index contributed by atoms with van der Waals surface area (Å²) < 4.78 is 25.4. The minimum Gasteiger partial charge on any atom is -0.490 e. The van der Waals surface area contributed by atoms with E-state index in [4.69, 9.17) is 9.47 Å². The lowest BCUT2D eigenvalue weighted by Gasteiger charge is -2.33. The number of fused-ring (bicyclic) bond motifs is 2. The van der Waals surface area contributed by atoms with E-state index in [1.165, 1.54) is 29.5 Å². The fourth-order valence-electron chi connectivity index (χ4n) is 5.40. The van der Waals surface area contributed by atoms with Gasteiger partial charge in [0.1, 0.15) is 11.6 Å². The van der Waals surface area contributed by atoms with Gasteiger partial charge < -0.3 is 14.8 Å². The standard InChI is InChI=1S/C32H32FNO3.H2/c1-21(25-14-7-10-22-9-3-4-12-26(22)25)34-18-8-11-24-20-28(27-13-5-6-15-31(27)37-24)23-16-17-30(33)29(19-23)32(35)36-2;/h3-7,9-10,12-17,19,21,24,28,34H,8,11,18,20H2,1-2H3;1H/t21-,24-,28-;/m1./s1. The Kier molecular flexibility index (Phi) is 7.52. The number of esters is 1. The molecule has 3 atom stereocenters. The largest absolute Gasteiger partial charge is 0.490 e. The molecule has 1 aliphatic rings. The second-order valence-corrected chi connectivity index (χ2v) is 9.68. The first kappa shape index (κ1) is 25.0. The summed E-state index contributed by atoms with van der Waals surface area (Å²) in [7, 11) is 1.27. The molecule has 1 heterocycles. The lowest BCUT2D eigenvalue weighted by molar-refractivity contribution is 0.0595. The van der Waals surface area contributed by atoms with Gasteiger partial charge in [0.05, 0.1) is 18.8 Å². The highest BCUT2D eigenvalue weighted by Crippen LogP contribution is 2.41. The Hall–Kier alpha value is -3.70. The molecule has 0 saturated heterocycles. The number of halogens is 1. The Balaban J connectivity index is 0.00000336. The monoisotopic (exact) mass is 499 g/mol. The van der Waals surface area contributed by atoms with Gasteiger partial charge in [-0.05, 0) is 72.8 Å². The predicted molar refractivity (Wildman–Crippen MR) is 147 cm³/mol. The number of para-hydroxylation sites is 1. The normalized spacial score (nSPS) is 17.6. The average Bonchev–Trinajstić information content (AvgIpc) is 2.94. The van der Waals surface area contributed by atoms with Crippen LogP contribution in [0.4, 0.5) is 4.39 Å². The summed E-state index contributed by atoms with van der Waals surface area (Å²) >= 11 is 0. The number of nitrogens with one attached hydrogen (secondary N) is 1. The van der Waals surface area contributed by atoms with Crippen LogP contribution in [0.15, 0.2) is 84.9 Å². The van der Waals surface area contributed by atoms with E-state index in [1.54, 1.807) is 12.1 Å². The lowest BCUT2D eigenvalue weighted by atomic mass is 9.82. The number of hydrogen-bond donors (Lipinski definition) is 1. The highest BCUT2D eigenvalue weighted by Gasteiger charge is 2.30. The maximum atomic E-state index is 14.3. The summed E-state index contributed by atoms with van der Waals surface area (Å²) in [4.78, 5) is 12.1. The second-order valence-electron chi connectivity index (χ2n) is 9.68. The van der Waals surface area contributed by atoms with Crippen molar-refractivity contribution in [1.82, 2.24) is 5.32 Å². The van der Waals surface area contributed by atoms with Crippen LogP contribution in [0.1, 0.15) is 66.6 Å². The number of carbonyl (C=O) groups excluding carboxylic acids is 1. The third kappa shape index (κ3) is 5.37. The predicted octanol–water partition coefficient (Wildman–Crippen LogP) is 7.43. The van der Waals surface area contributed by atoms with Crippen molar-refractivity contribution in [3.8, 4) is 5.75 Å². The van der Waals surface area contributed by atoms with Gasteiger partial charge in [0.15, 0.2) is 0 Å². The second kappa shape index (κ2) is 11.1. The molecule has 5 rings (SSSR count). The van der Waals surface area contributed by atoms with Crippen LogP contribution < -0.4 is 10.1 Å². The summed E-state index contributed by atoms with van der Waals surface area (Å²) in [5, 5.41) is 6.21. The molecule has 4 aromatic carbocycles. The van der Waals surface area contributed by atoms with Gasteiger partial charge in [-0.2, -0.15) is 0 Å². The summed E-state index contributed by atoms with van der Waals surface area (Å²) in [5.41, 5.74) is 3.22. The molecule has 0 saturated carbocycles. The topological polar surface area (TPSA) is 47.6 Å². The molecule has 0 fully saturated rings. The van der Waals surface area contributed by atoms with E-state index >= 15 is 0 Å². The first-order valence-electron chi connectivity index (χ1n) is 12.9. The van der Waals surface area contributed by atoms with Gasteiger partial charge in [0, 0.05) is 18.9 Å². The van der Waals surface area contributed by atoms with E-state index in [2.05, 4.69) is 54.7 Å². The summed E-state index contributed by atoms with van der Waals surface area (Å²) in [6, 6.07) is 27.9. The smallest absolute Gasteiger partial charge is 0.340 e. The number of benzene rings is 4. The Morgan fingerprint density at radius 2 is 1.86 bits per heavy atom. The fourth-order valence-corrected chi connectivity index (χ4v) is 5.40. The van der Waals surface area contributed by atoms with Gasteiger partial charge >= 0.3 is 5.97 Å². The molecule has 1 N–H and O–H groups in total. The van der Waals surface area contributed by atoms with E-state index in [-0.39, 0.29) is 25.1 Å². The number of methoxy groups -OCH3 is 1. The molecule has 37 heavy (non-hydrogen) atoms. The molecular formula is C32H34FNO3. The molecule has 0 unspecified atom stereocenters. The lowest BCUT2D eigenvalue weighted by Crippen LogP contribution is -2.28. The number of rotatable bonds is 8. The first-order chi connectivity index (χ1) is 18.0. The summed E-state index contributed by atoms with van der Waals surface area (Å²) in [6.07, 6.45) is 2.65. The molecule has 0 aromatic heterocycles. The maximum absolute atomic E-state index is 14.3. The van der Waals surface area contributed by atoms with E-state index in [9.17, 15) is 9.18 Å². The van der Waals surface area contributed by atoms with Crippen molar-refractivity contribution >= 4 is 16.7 Å². The maximum Gasteiger partial charge on any atom is 0.340 e. The van der Waals surface area contributed by atoms with Crippen molar-refractivity contribution in [3.05, 3.63) is 113 Å². The molecule has 1 aliphatic heterocycles. The molecule has 0 aliphatic carbocycles. The van der Waals surface area contributed by atoms with Crippen LogP contribution in [0.5, 0.6) is 5.75 Å². The van der Waals surface area contributed by atoms with Crippen LogP contribution in [0.25, 0.3) is 10.8 Å². The van der Waals surface area contributed by atoms with Gasteiger partial charge in [0.2, 0.25) is 0 Å². The van der Waals surface area contributed by atoms with Gasteiger partial charge in [-0.15, -0.1) is 0 Å². The van der Waals surface area contributed by atoms with Crippen molar-refractivity contribution in [1.29, 1.82) is 0 Å². The van der Waals surface area contributed by atoms with E-state index in [0.29, 0.717) is 0 Å². The quantitative estimate of drug-likeness (QED) is 0.202. The van der Waals surface area contributed by atoms with Crippen LogP contribution in [0.3, 0.4) is 0 Å². The first-order valence-corrected chi connectivity index (χ1v) is 12.9. The minimum atomic E-state index is -0.664. The van der Waals surface area contributed by atoms with E-state index < -0.39 is 11.8 Å². The third-order valence-corrected chi connectivity index (χ3v) is 7.33. The minimum absolute atomic E-state index is 0. The molecule has 0 spiro atoms. The Morgan fingerprint density at radius 3 is 2.73 bits per heavy atom. The highest BCUT2D eigenvalue weighted by molar-refractivity contribution is 5.90. The number of ether oxygens (including phenoxy) is 2. The molecule has 5 heteroatoms. The summed E-state index contributed by atoms with van der Waals surface area (Å²) in [5.74, 6) is -0.368. The van der Waals surface area contributed by atoms with Gasteiger partial charge in [-0.25, -0.2) is 9.18 Å². The molecular weight excluding hydrogens is 465 g/mol. The highest BCUT2D eigenvalue weighted by atomic mass is 19.1. The average molecular weight is 500 g/mol. The van der Waals surface area contributed by atoms with Crippen molar-refractivity contribution in [2.45, 2.75) is 44.2 Å². The van der Waals surface area contributed by atoms with Crippen molar-refractivity contribution in [2.24, 2.45) is 0 Å². The summed E-state index contributed by atoms with van der Waals surface area (Å²) in [6.45, 7) is 3.08. The van der Waals surface area contributed by atoms with E-state index in [1.807, 2.05) is 24.3 Å². The molecule has 4 nitrogen and oxygen atoms in total. The fraction of sp³-hybridized carbons (Fsp3) is 0.281. The van der Waals surface area contributed by atoms with Crippen LogP contribution in [0.2, 0.25) is 0 Å². The zero-order chi connectivity index (χ0) is 25.8. The SMILES string of the molecule is COC(=O)c1cc([C@H]2C[C@@H](CCCN[C@H](C)c3cccc4ccccc34)Oc3ccccc32)ccc1F.[HH]. The van der Waals surface area contributed by atoms with Crippen LogP contribution in [-0.4, -0.2) is 25.7 Å². The molecule has 0 amide bonds. The molecule has 0 bridgehead atoms. The van der Waals surface area contributed by atoms with Crippen LogP contribution in [-0.2, 0) is 4.74 Å². The van der Waals surface area contributed by atoms with Crippen LogP contribution >= 0.6 is 0 Å². The third-order valence-electron chi connectivity index (χ3n) is 7.33. The number of carbonyl (C=O) groups is 1. The molecule has 0 radical (unpaired) electrons. The zero-order valence-electron chi connectivity index (χ0n) is 21.2. The van der Waals surface area contributed by atoms with Gasteiger partial charge in [0.25, 0.3) is 0 Å². The number of hydrogen-bond acceptors (Lipinski definition) is 4. The molecule has 4 aromatic rings. The van der Waals surface area contributed by atoms with E-state index in [0.717, 1.165) is 42.7 Å². The van der Waals surface area contributed by atoms with Crippen molar-refractivity contribution in [3.63, 3.8) is 0 Å². The van der Waals surface area contributed by atoms with Crippen molar-refractivity contribution in [2.75, 3.05) is 13.7 Å². The Morgan fingerprint density at radius 1 is 1.08 bits per heavy atom. The van der Waals surface area contributed by atoms with Crippen molar-refractivity contribution < 1.29 is 20.1 Å². The van der Waals surface area contributed by atoms with Crippen LogP contribution in [0, 0.1) is 5.82 Å². The molecule has 192 valence electrons. The Labute approximate surface area is 218 Å². The Bertz CT molecular complexity index is 1400. The van der Waals surface area contributed by atoms with Gasteiger partial charge in [-0.1, -0.05) is 66.7 Å². The zero-order valence-corrected chi connectivity index (χ0v) is 21.2.